The Hall–Kier alpha value is -7.77. The maximum atomic E-state index is 10.0. The Bertz CT molecular complexity index is 5340. The van der Waals surface area contributed by atoms with Gasteiger partial charge < -0.3 is 30.3 Å². The van der Waals surface area contributed by atoms with E-state index in [0.29, 0.717) is 0 Å². The van der Waals surface area contributed by atoms with Gasteiger partial charge >= 0.3 is 0 Å². The summed E-state index contributed by atoms with van der Waals surface area (Å²) in [5, 5.41) is 28.7. The van der Waals surface area contributed by atoms with Crippen molar-refractivity contribution >= 4 is 81.6 Å². The molecular formula is C98H112Ir3N3O6S3-3. The zero-order valence-corrected chi connectivity index (χ0v) is 80.7. The maximum Gasteiger partial charge on any atom is 0.155 e. The summed E-state index contributed by atoms with van der Waals surface area (Å²) < 4.78 is 3.82. The van der Waals surface area contributed by atoms with E-state index in [1.807, 2.05) is 52.6 Å². The second kappa shape index (κ2) is 41.2. The molecule has 0 fully saturated rings. The molecule has 6 heterocycles. The van der Waals surface area contributed by atoms with Gasteiger partial charge in [0.05, 0.1) is 17.3 Å². The number of aliphatic hydroxyl groups excluding tert-OH is 3. The minimum atomic E-state index is -0.125. The number of aryl methyl sites for hydroxylation is 10. The Kier molecular flexibility index (Phi) is 35.6. The number of rotatable bonds is 9. The number of fused-ring (bicyclic) bond motifs is 3. The fourth-order valence-electron chi connectivity index (χ4n) is 12.8. The molecule has 0 atom stereocenters. The first kappa shape index (κ1) is 97.6. The van der Waals surface area contributed by atoms with Crippen LogP contribution in [-0.4, -0.2) is 47.6 Å². The standard InChI is InChI=1S/C30H34NS.C27H28NS.C26H26NS.3C5H8O2.3Ir/c1-18-10-21(14-23(11-18)29(4,5)6)25-16-26-22(17-31-25)15-27(32-26)28-19(2)12-24(13-20(28)3)30(7,8)9;1-16-8-18(3)26(19(4)9-16)25-13-21-15-28-23(14-24(21)29-25)20-10-17(2)11-22(12-20)27(5,6)7;1-16-7-17(2)10-20(9-16)24-13-21-15-27-23(14-25(21)28-24)19-8-18(3)11-22(12-19)26(4,5)6;3*1-4(6)3-5(2)7;;;/h11-17H,1-9H3;8-9,11-15H,1-7H3;7,9-15H,1-6H3;3*3,6H,1-2H3;;;/q3*-1;;;;;;. The van der Waals surface area contributed by atoms with Crippen molar-refractivity contribution in [3.05, 3.63) is 265 Å². The van der Waals surface area contributed by atoms with Crippen molar-refractivity contribution in [1.82, 2.24) is 15.0 Å². The van der Waals surface area contributed by atoms with Gasteiger partial charge in [0.1, 0.15) is 0 Å². The topological polar surface area (TPSA) is 151 Å². The van der Waals surface area contributed by atoms with Crippen LogP contribution in [0.15, 0.2) is 169 Å². The van der Waals surface area contributed by atoms with Crippen LogP contribution in [0.25, 0.3) is 95.4 Å². The molecule has 0 bridgehead atoms. The maximum absolute atomic E-state index is 10.0. The summed E-state index contributed by atoms with van der Waals surface area (Å²) in [6.45, 7) is 57.3. The molecule has 603 valence electrons. The molecule has 15 heteroatoms. The number of hydrogen-bond donors (Lipinski definition) is 3. The van der Waals surface area contributed by atoms with Crippen molar-refractivity contribution in [3.8, 4) is 65.1 Å². The van der Waals surface area contributed by atoms with Crippen LogP contribution in [0.3, 0.4) is 0 Å². The van der Waals surface area contributed by atoms with Crippen molar-refractivity contribution in [2.75, 3.05) is 0 Å². The molecule has 3 radical (unpaired) electrons. The van der Waals surface area contributed by atoms with Crippen LogP contribution in [0, 0.1) is 87.4 Å². The number of aliphatic hydroxyl groups is 3. The number of thiophene rings is 3. The van der Waals surface area contributed by atoms with Gasteiger partial charge in [-0.25, -0.2) is 0 Å². The van der Waals surface area contributed by atoms with E-state index in [2.05, 4.69) is 286 Å². The first-order valence-corrected chi connectivity index (χ1v) is 39.7. The van der Waals surface area contributed by atoms with Gasteiger partial charge in [0.15, 0.2) is 17.3 Å². The van der Waals surface area contributed by atoms with E-state index in [9.17, 15) is 14.4 Å². The molecule has 12 rings (SSSR count). The largest absolute Gasteiger partial charge is 0.512 e. The molecular weight excluding hydrogens is 1990 g/mol. The quantitative estimate of drug-likeness (QED) is 0.0729. The van der Waals surface area contributed by atoms with Crippen LogP contribution in [0.4, 0.5) is 0 Å². The third-order valence-corrected chi connectivity index (χ3v) is 21.3. The van der Waals surface area contributed by atoms with Crippen LogP contribution in [0.1, 0.15) is 203 Å². The van der Waals surface area contributed by atoms with Crippen LogP contribution in [0.2, 0.25) is 0 Å². The molecule has 0 unspecified atom stereocenters. The molecule has 0 aliphatic heterocycles. The van der Waals surface area contributed by atoms with E-state index in [4.69, 9.17) is 30.3 Å². The van der Waals surface area contributed by atoms with Gasteiger partial charge in [-0.3, -0.25) is 14.4 Å². The Morgan fingerprint density at radius 3 is 0.832 bits per heavy atom. The third kappa shape index (κ3) is 28.6. The zero-order valence-electron chi connectivity index (χ0n) is 71.1. The summed E-state index contributed by atoms with van der Waals surface area (Å²) in [6, 6.07) is 53.4. The van der Waals surface area contributed by atoms with E-state index in [-0.39, 0.29) is 117 Å². The summed E-state index contributed by atoms with van der Waals surface area (Å²) in [7, 11) is 0. The average Bonchev–Trinajstić information content (AvgIpc) is 1.67. The molecule has 0 saturated heterocycles. The molecule has 3 N–H and O–H groups in total. The molecule has 0 aliphatic rings. The Morgan fingerprint density at radius 2 is 0.575 bits per heavy atom. The number of aromatic nitrogens is 3. The van der Waals surface area contributed by atoms with Gasteiger partial charge in [-0.1, -0.05) is 181 Å². The number of benzene rings is 6. The normalized spacial score (nSPS) is 11.7. The smallest absolute Gasteiger partial charge is 0.155 e. The number of ketones is 3. The molecule has 6 aromatic carbocycles. The molecule has 113 heavy (non-hydrogen) atoms. The molecule has 12 aromatic rings. The molecule has 0 spiro atoms. The third-order valence-electron chi connectivity index (χ3n) is 18.0. The van der Waals surface area contributed by atoms with Crippen LogP contribution in [-0.2, 0) is 96.4 Å². The van der Waals surface area contributed by atoms with E-state index in [1.54, 1.807) is 0 Å². The Labute approximate surface area is 726 Å². The summed E-state index contributed by atoms with van der Waals surface area (Å²) in [4.78, 5) is 48.3. The number of carbonyl (C=O) groups excluding carboxylic acids is 3. The summed E-state index contributed by atoms with van der Waals surface area (Å²) in [5.74, 6) is -0.187. The number of allylic oxidation sites excluding steroid dienone is 6. The first-order valence-electron chi connectivity index (χ1n) is 37.3. The second-order valence-corrected chi connectivity index (χ2v) is 36.6. The molecule has 6 aromatic heterocycles. The molecule has 0 aliphatic carbocycles. The summed E-state index contributed by atoms with van der Waals surface area (Å²) in [5.41, 5.74) is 28.8. The van der Waals surface area contributed by atoms with Gasteiger partial charge in [0.25, 0.3) is 0 Å². The zero-order chi connectivity index (χ0) is 82.0. The van der Waals surface area contributed by atoms with E-state index in [0.717, 1.165) is 50.5 Å². The monoisotopic (exact) mass is 2100 g/mol. The SMILES string of the molecule is CC(=O)C=C(C)O.CC(=O)C=C(C)O.CC(=O)C=C(C)O.Cc1[c-]c(-c2cc3sc(-c4c(C)cc(C(C)(C)C)cc4C)cc3cn2)cc(C(C)(C)C)c1.Cc1[c-]c(-c2cc3sc(-c4c(C)cc(C)cc4C)cc3cn2)cc(C(C)(C)C)c1.Cc1[c-]c(-c2cc3sc(-c4cc(C)cc(C)c4)cc3cn2)cc(C(C)(C)C)c1.[Ir].[Ir].[Ir]. The van der Waals surface area contributed by atoms with Crippen LogP contribution in [0.5, 0.6) is 0 Å². The summed E-state index contributed by atoms with van der Waals surface area (Å²) in [6.07, 6.45) is 9.53. The summed E-state index contributed by atoms with van der Waals surface area (Å²) >= 11 is 5.55. The van der Waals surface area contributed by atoms with Crippen molar-refractivity contribution in [1.29, 1.82) is 0 Å². The minimum Gasteiger partial charge on any atom is -0.512 e. The number of pyridine rings is 3. The first-order chi connectivity index (χ1) is 51.0. The average molecular weight is 2100 g/mol. The van der Waals surface area contributed by atoms with Crippen LogP contribution >= 0.6 is 34.0 Å². The van der Waals surface area contributed by atoms with Gasteiger partial charge in [-0.2, -0.15) is 0 Å². The van der Waals surface area contributed by atoms with E-state index < -0.39 is 0 Å². The number of carbonyl (C=O) groups is 3. The van der Waals surface area contributed by atoms with Crippen molar-refractivity contribution in [3.63, 3.8) is 0 Å². The Balaban J connectivity index is 0.000000313. The van der Waals surface area contributed by atoms with Gasteiger partial charge in [0, 0.05) is 142 Å². The fraction of sp³-hybridized carbons (Fsp3) is 0.327. The van der Waals surface area contributed by atoms with E-state index in [1.165, 1.54) is 183 Å². The van der Waals surface area contributed by atoms with Gasteiger partial charge in [0.2, 0.25) is 0 Å². The number of hydrogen-bond acceptors (Lipinski definition) is 12. The van der Waals surface area contributed by atoms with Crippen molar-refractivity contribution < 1.29 is 90.0 Å². The van der Waals surface area contributed by atoms with Crippen LogP contribution < -0.4 is 0 Å². The number of nitrogens with zero attached hydrogens (tertiary/aromatic N) is 3. The molecule has 0 saturated carbocycles. The van der Waals surface area contributed by atoms with Crippen molar-refractivity contribution in [2.45, 2.75) is 216 Å². The van der Waals surface area contributed by atoms with E-state index >= 15 is 0 Å². The minimum absolute atomic E-state index is 0. The fourth-order valence-corrected chi connectivity index (χ4v) is 16.4. The van der Waals surface area contributed by atoms with Gasteiger partial charge in [-0.15, -0.1) is 139 Å². The van der Waals surface area contributed by atoms with Gasteiger partial charge in [-0.05, 0) is 191 Å². The Morgan fingerprint density at radius 1 is 0.327 bits per heavy atom. The van der Waals surface area contributed by atoms with Crippen molar-refractivity contribution in [2.24, 2.45) is 0 Å². The predicted octanol–water partition coefficient (Wildman–Crippen LogP) is 27.7. The molecule has 0 amide bonds. The predicted molar refractivity (Wildman–Crippen MR) is 471 cm³/mol. The molecule has 9 nitrogen and oxygen atoms in total. The second-order valence-electron chi connectivity index (χ2n) is 33.4.